The molecule has 1 aliphatic rings. The molecule has 6 heteroatoms. The van der Waals surface area contributed by atoms with Crippen LogP contribution in [-0.2, 0) is 12.8 Å². The first-order valence-electron chi connectivity index (χ1n) is 9.49. The summed E-state index contributed by atoms with van der Waals surface area (Å²) in [6.45, 7) is 0. The smallest absolute Gasteiger partial charge is 0.163 e. The van der Waals surface area contributed by atoms with Gasteiger partial charge in [0.15, 0.2) is 11.6 Å². The molecule has 0 unspecified atom stereocenters. The Hall–Kier alpha value is -2.79. The highest BCUT2D eigenvalue weighted by atomic mass is 35.5. The van der Waals surface area contributed by atoms with Crippen LogP contribution in [0.2, 0.25) is 5.02 Å². The lowest BCUT2D eigenvalue weighted by Gasteiger charge is -2.15. The molecule has 0 bridgehead atoms. The maximum atomic E-state index is 14.6. The average Bonchev–Trinajstić information content (AvgIpc) is 3.00. The molecule has 4 nitrogen and oxygen atoms in total. The van der Waals surface area contributed by atoms with E-state index in [1.165, 1.54) is 6.07 Å². The number of hydrogen-bond acceptors (Lipinski definition) is 3. The molecule has 0 fully saturated rings. The molecule has 2 aromatic carbocycles. The van der Waals surface area contributed by atoms with Gasteiger partial charge in [0.2, 0.25) is 0 Å². The topological polar surface area (TPSA) is 43.6 Å². The van der Waals surface area contributed by atoms with Crippen LogP contribution in [0.15, 0.2) is 48.7 Å². The van der Waals surface area contributed by atoms with Crippen LogP contribution in [-0.4, -0.2) is 19.7 Å². The Balaban J connectivity index is 1.81. The second-order valence-electron chi connectivity index (χ2n) is 7.07. The highest BCUT2D eigenvalue weighted by molar-refractivity contribution is 6.33. The minimum Gasteiger partial charge on any atom is -0.233 e. The summed E-state index contributed by atoms with van der Waals surface area (Å²) >= 11 is 6.41. The minimum atomic E-state index is -0.310. The normalized spacial score (nSPS) is 14.1. The van der Waals surface area contributed by atoms with Crippen molar-refractivity contribution in [3.8, 4) is 17.2 Å². The van der Waals surface area contributed by atoms with Gasteiger partial charge in [-0.05, 0) is 43.9 Å². The third-order valence-corrected chi connectivity index (χ3v) is 5.60. The first-order valence-corrected chi connectivity index (χ1v) is 9.87. The molecule has 140 valence electrons. The number of aromatic nitrogens is 4. The van der Waals surface area contributed by atoms with Gasteiger partial charge in [0.1, 0.15) is 11.3 Å². The van der Waals surface area contributed by atoms with E-state index in [2.05, 4.69) is 5.10 Å². The second-order valence-corrected chi connectivity index (χ2v) is 7.48. The molecular weight excluding hydrogens is 375 g/mol. The van der Waals surface area contributed by atoms with Crippen molar-refractivity contribution in [3.05, 3.63) is 70.8 Å². The number of benzene rings is 2. The fourth-order valence-corrected chi connectivity index (χ4v) is 4.11. The molecule has 0 saturated carbocycles. The van der Waals surface area contributed by atoms with Crippen molar-refractivity contribution in [2.75, 3.05) is 0 Å². The molecule has 0 atom stereocenters. The van der Waals surface area contributed by atoms with Crippen LogP contribution >= 0.6 is 11.6 Å². The molecule has 2 heterocycles. The molecule has 0 saturated heterocycles. The monoisotopic (exact) mass is 392 g/mol. The van der Waals surface area contributed by atoms with E-state index in [-0.39, 0.29) is 5.82 Å². The van der Waals surface area contributed by atoms with Crippen LogP contribution in [0.4, 0.5) is 4.39 Å². The first kappa shape index (κ1) is 17.3. The molecule has 0 spiro atoms. The maximum Gasteiger partial charge on any atom is 0.163 e. The molecule has 0 amide bonds. The van der Waals surface area contributed by atoms with E-state index >= 15 is 0 Å². The Bertz CT molecular complexity index is 1180. The van der Waals surface area contributed by atoms with Crippen LogP contribution in [0.1, 0.15) is 30.5 Å². The fourth-order valence-electron chi connectivity index (χ4n) is 3.89. The second kappa shape index (κ2) is 6.99. The van der Waals surface area contributed by atoms with Crippen molar-refractivity contribution in [1.82, 2.24) is 19.7 Å². The molecule has 1 aliphatic carbocycles. The third kappa shape index (κ3) is 2.87. The summed E-state index contributed by atoms with van der Waals surface area (Å²) in [5.74, 6) is 0.901. The molecular formula is C22H18ClFN4. The van der Waals surface area contributed by atoms with Crippen molar-refractivity contribution in [2.24, 2.45) is 0 Å². The number of para-hydroxylation sites is 1. The van der Waals surface area contributed by atoms with Crippen molar-refractivity contribution in [3.63, 3.8) is 0 Å². The van der Waals surface area contributed by atoms with Crippen molar-refractivity contribution >= 4 is 22.5 Å². The standard InChI is InChI=1S/C22H18ClFN4/c23-17-10-5-4-8-15(17)21-26-19-12-3-1-2-9-16(19)22(27-21)28-20-14(13-25-28)7-6-11-18(20)24/h4-8,10-11,13H,1-3,9,12H2. The maximum absolute atomic E-state index is 14.6. The highest BCUT2D eigenvalue weighted by Crippen LogP contribution is 2.31. The Labute approximate surface area is 167 Å². The number of nitrogens with zero attached hydrogens (tertiary/aromatic N) is 4. The average molecular weight is 393 g/mol. The minimum absolute atomic E-state index is 0.310. The molecule has 0 radical (unpaired) electrons. The van der Waals surface area contributed by atoms with Crippen molar-refractivity contribution < 1.29 is 4.39 Å². The Morgan fingerprint density at radius 1 is 0.929 bits per heavy atom. The fraction of sp³-hybridized carbons (Fsp3) is 0.227. The van der Waals surface area contributed by atoms with Gasteiger partial charge < -0.3 is 0 Å². The predicted molar refractivity (Wildman–Crippen MR) is 108 cm³/mol. The number of halogens is 2. The molecule has 0 N–H and O–H groups in total. The highest BCUT2D eigenvalue weighted by Gasteiger charge is 2.22. The van der Waals surface area contributed by atoms with E-state index in [4.69, 9.17) is 21.6 Å². The van der Waals surface area contributed by atoms with Gasteiger partial charge in [-0.3, -0.25) is 0 Å². The largest absolute Gasteiger partial charge is 0.233 e. The van der Waals surface area contributed by atoms with Crippen LogP contribution in [0, 0.1) is 5.82 Å². The quantitative estimate of drug-likeness (QED) is 0.420. The van der Waals surface area contributed by atoms with Gasteiger partial charge >= 0.3 is 0 Å². The molecule has 5 rings (SSSR count). The van der Waals surface area contributed by atoms with E-state index in [1.807, 2.05) is 30.3 Å². The lowest BCUT2D eigenvalue weighted by molar-refractivity contribution is 0.630. The van der Waals surface area contributed by atoms with Crippen LogP contribution in [0.3, 0.4) is 0 Å². The number of fused-ring (bicyclic) bond motifs is 2. The molecule has 4 aromatic rings. The Morgan fingerprint density at radius 3 is 2.68 bits per heavy atom. The summed E-state index contributed by atoms with van der Waals surface area (Å²) in [7, 11) is 0. The van der Waals surface area contributed by atoms with Gasteiger partial charge in [-0.15, -0.1) is 0 Å². The van der Waals surface area contributed by atoms with Crippen LogP contribution < -0.4 is 0 Å². The van der Waals surface area contributed by atoms with Crippen molar-refractivity contribution in [2.45, 2.75) is 32.1 Å². The first-order chi connectivity index (χ1) is 13.7. The summed E-state index contributed by atoms with van der Waals surface area (Å²) < 4.78 is 16.3. The summed E-state index contributed by atoms with van der Waals surface area (Å²) in [5.41, 5.74) is 3.28. The number of hydrogen-bond donors (Lipinski definition) is 0. The Morgan fingerprint density at radius 2 is 1.79 bits per heavy atom. The van der Waals surface area contributed by atoms with E-state index < -0.39 is 0 Å². The summed E-state index contributed by atoms with van der Waals surface area (Å²) in [4.78, 5) is 9.68. The Kier molecular flexibility index (Phi) is 4.32. The third-order valence-electron chi connectivity index (χ3n) is 5.27. The zero-order chi connectivity index (χ0) is 19.1. The zero-order valence-electron chi connectivity index (χ0n) is 15.2. The van der Waals surface area contributed by atoms with Crippen LogP contribution in [0.25, 0.3) is 28.1 Å². The van der Waals surface area contributed by atoms with Gasteiger partial charge in [-0.25, -0.2) is 19.0 Å². The SMILES string of the molecule is Fc1cccc2cnn(-c3nc(-c4ccccc4Cl)nc4c3CCCCC4)c12. The lowest BCUT2D eigenvalue weighted by atomic mass is 10.1. The van der Waals surface area contributed by atoms with E-state index in [0.717, 1.165) is 54.3 Å². The zero-order valence-corrected chi connectivity index (χ0v) is 16.0. The number of aryl methyl sites for hydroxylation is 1. The van der Waals surface area contributed by atoms with Crippen molar-refractivity contribution in [1.29, 1.82) is 0 Å². The molecule has 0 aliphatic heterocycles. The summed E-state index contributed by atoms with van der Waals surface area (Å²) in [6.07, 6.45) is 6.72. The summed E-state index contributed by atoms with van der Waals surface area (Å²) in [5, 5.41) is 5.82. The van der Waals surface area contributed by atoms with E-state index in [9.17, 15) is 4.39 Å². The number of rotatable bonds is 2. The lowest BCUT2D eigenvalue weighted by Crippen LogP contribution is -2.11. The van der Waals surface area contributed by atoms with Gasteiger partial charge in [0, 0.05) is 22.2 Å². The van der Waals surface area contributed by atoms with Gasteiger partial charge in [0.25, 0.3) is 0 Å². The molecule has 2 aromatic heterocycles. The predicted octanol–water partition coefficient (Wildman–Crippen LogP) is 5.54. The van der Waals surface area contributed by atoms with E-state index in [1.54, 1.807) is 16.9 Å². The van der Waals surface area contributed by atoms with Crippen LogP contribution in [0.5, 0.6) is 0 Å². The van der Waals surface area contributed by atoms with E-state index in [0.29, 0.717) is 22.2 Å². The summed E-state index contributed by atoms with van der Waals surface area (Å²) in [6, 6.07) is 12.5. The van der Waals surface area contributed by atoms with Gasteiger partial charge in [0.05, 0.1) is 11.2 Å². The molecule has 28 heavy (non-hydrogen) atoms. The van der Waals surface area contributed by atoms with Gasteiger partial charge in [-0.2, -0.15) is 5.10 Å². The van der Waals surface area contributed by atoms with Gasteiger partial charge in [-0.1, -0.05) is 42.3 Å².